The van der Waals surface area contributed by atoms with E-state index in [1.54, 1.807) is 0 Å². The standard InChI is InChI=1S/C16H33N/c1-5-16(15-9-7-6-8-10-15)17-12-14(4)11-13(2)3/h13-17H,5-12H2,1-4H3. The Hall–Kier alpha value is -0.0400. The van der Waals surface area contributed by atoms with Crippen LogP contribution in [-0.4, -0.2) is 12.6 Å². The lowest BCUT2D eigenvalue weighted by atomic mass is 9.82. The molecule has 1 aliphatic carbocycles. The molecule has 0 aromatic rings. The molecule has 1 aliphatic rings. The first-order valence-electron chi connectivity index (χ1n) is 7.86. The summed E-state index contributed by atoms with van der Waals surface area (Å²) >= 11 is 0. The highest BCUT2D eigenvalue weighted by Gasteiger charge is 2.22. The van der Waals surface area contributed by atoms with Crippen LogP contribution in [0.15, 0.2) is 0 Å². The predicted octanol–water partition coefficient (Wildman–Crippen LogP) is 4.62. The Bertz CT molecular complexity index is 182. The molecule has 1 heteroatoms. The molecule has 0 aromatic carbocycles. The molecule has 0 aliphatic heterocycles. The SMILES string of the molecule is CCC(NCC(C)CC(C)C)C1CCCCC1. The van der Waals surface area contributed by atoms with Gasteiger partial charge in [-0.1, -0.05) is 47.0 Å². The van der Waals surface area contributed by atoms with Crippen LogP contribution in [0, 0.1) is 17.8 Å². The van der Waals surface area contributed by atoms with Gasteiger partial charge < -0.3 is 5.32 Å². The molecule has 1 saturated carbocycles. The summed E-state index contributed by atoms with van der Waals surface area (Å²) in [5.74, 6) is 2.62. The van der Waals surface area contributed by atoms with Gasteiger partial charge >= 0.3 is 0 Å². The van der Waals surface area contributed by atoms with Crippen LogP contribution in [0.1, 0.15) is 72.6 Å². The fourth-order valence-electron chi connectivity index (χ4n) is 3.42. The van der Waals surface area contributed by atoms with Crippen LogP contribution in [0.5, 0.6) is 0 Å². The van der Waals surface area contributed by atoms with Crippen molar-refractivity contribution in [3.8, 4) is 0 Å². The normalized spacial score (nSPS) is 21.7. The molecule has 1 nitrogen and oxygen atoms in total. The van der Waals surface area contributed by atoms with Crippen LogP contribution in [0.3, 0.4) is 0 Å². The predicted molar refractivity (Wildman–Crippen MR) is 77.3 cm³/mol. The van der Waals surface area contributed by atoms with Gasteiger partial charge in [-0.25, -0.2) is 0 Å². The van der Waals surface area contributed by atoms with Crippen LogP contribution in [0.4, 0.5) is 0 Å². The smallest absolute Gasteiger partial charge is 0.00928 e. The first-order chi connectivity index (χ1) is 8.13. The van der Waals surface area contributed by atoms with E-state index >= 15 is 0 Å². The fraction of sp³-hybridized carbons (Fsp3) is 1.00. The summed E-state index contributed by atoms with van der Waals surface area (Å²) in [4.78, 5) is 0. The molecule has 0 spiro atoms. The molecule has 1 fully saturated rings. The van der Waals surface area contributed by atoms with Crippen molar-refractivity contribution < 1.29 is 0 Å². The summed E-state index contributed by atoms with van der Waals surface area (Å²) in [5.41, 5.74) is 0. The van der Waals surface area contributed by atoms with E-state index < -0.39 is 0 Å². The average Bonchev–Trinajstić information content (AvgIpc) is 2.30. The second-order valence-corrected chi connectivity index (χ2v) is 6.56. The van der Waals surface area contributed by atoms with Gasteiger partial charge in [0.1, 0.15) is 0 Å². The summed E-state index contributed by atoms with van der Waals surface area (Å²) in [5, 5.41) is 3.84. The van der Waals surface area contributed by atoms with Crippen molar-refractivity contribution >= 4 is 0 Å². The molecule has 0 aromatic heterocycles. The molecule has 0 heterocycles. The molecular weight excluding hydrogens is 206 g/mol. The Morgan fingerprint density at radius 3 is 2.24 bits per heavy atom. The van der Waals surface area contributed by atoms with E-state index in [1.807, 2.05) is 0 Å². The highest BCUT2D eigenvalue weighted by Crippen LogP contribution is 2.27. The topological polar surface area (TPSA) is 12.0 Å². The highest BCUT2D eigenvalue weighted by atomic mass is 14.9. The molecule has 2 unspecified atom stereocenters. The maximum atomic E-state index is 3.84. The Morgan fingerprint density at radius 2 is 1.71 bits per heavy atom. The molecule has 1 rings (SSSR count). The Morgan fingerprint density at radius 1 is 1.06 bits per heavy atom. The van der Waals surface area contributed by atoms with Gasteiger partial charge in [0, 0.05) is 6.04 Å². The minimum absolute atomic E-state index is 0.782. The zero-order valence-electron chi connectivity index (χ0n) is 12.5. The minimum atomic E-state index is 0.782. The lowest BCUT2D eigenvalue weighted by Gasteiger charge is -2.31. The van der Waals surface area contributed by atoms with Crippen LogP contribution in [0.2, 0.25) is 0 Å². The van der Waals surface area contributed by atoms with Gasteiger partial charge in [-0.05, 0) is 50.0 Å². The monoisotopic (exact) mass is 239 g/mol. The zero-order valence-corrected chi connectivity index (χ0v) is 12.5. The van der Waals surface area contributed by atoms with Gasteiger partial charge in [0.25, 0.3) is 0 Å². The molecule has 0 saturated heterocycles. The number of hydrogen-bond acceptors (Lipinski definition) is 1. The van der Waals surface area contributed by atoms with Gasteiger partial charge in [-0.2, -0.15) is 0 Å². The molecule has 1 N–H and O–H groups in total. The third-order valence-electron chi connectivity index (χ3n) is 4.26. The zero-order chi connectivity index (χ0) is 12.7. The third kappa shape index (κ3) is 5.90. The van der Waals surface area contributed by atoms with Crippen LogP contribution in [-0.2, 0) is 0 Å². The Balaban J connectivity index is 2.25. The van der Waals surface area contributed by atoms with Crippen molar-refractivity contribution in [1.82, 2.24) is 5.32 Å². The van der Waals surface area contributed by atoms with Crippen molar-refractivity contribution in [3.63, 3.8) is 0 Å². The summed E-state index contributed by atoms with van der Waals surface area (Å²) in [6, 6.07) is 0.782. The van der Waals surface area contributed by atoms with Crippen molar-refractivity contribution in [1.29, 1.82) is 0 Å². The van der Waals surface area contributed by atoms with Crippen molar-refractivity contribution in [2.45, 2.75) is 78.7 Å². The summed E-state index contributed by atoms with van der Waals surface area (Å²) in [7, 11) is 0. The lowest BCUT2D eigenvalue weighted by molar-refractivity contribution is 0.251. The maximum absolute atomic E-state index is 3.84. The maximum Gasteiger partial charge on any atom is 0.00928 e. The van der Waals surface area contributed by atoms with E-state index in [0.717, 1.165) is 23.8 Å². The molecule has 0 bridgehead atoms. The van der Waals surface area contributed by atoms with Crippen LogP contribution in [0.25, 0.3) is 0 Å². The second kappa shape index (κ2) is 8.13. The van der Waals surface area contributed by atoms with Crippen molar-refractivity contribution in [2.24, 2.45) is 17.8 Å². The molecule has 0 radical (unpaired) electrons. The molecular formula is C16H33N. The summed E-state index contributed by atoms with van der Waals surface area (Å²) in [6.45, 7) is 10.6. The van der Waals surface area contributed by atoms with Gasteiger partial charge in [0.05, 0.1) is 0 Å². The third-order valence-corrected chi connectivity index (χ3v) is 4.26. The van der Waals surface area contributed by atoms with E-state index in [4.69, 9.17) is 0 Å². The summed E-state index contributed by atoms with van der Waals surface area (Å²) < 4.78 is 0. The second-order valence-electron chi connectivity index (χ2n) is 6.56. The van der Waals surface area contributed by atoms with E-state index in [-0.39, 0.29) is 0 Å². The molecule has 0 amide bonds. The van der Waals surface area contributed by atoms with Gasteiger partial charge in [0.15, 0.2) is 0 Å². The van der Waals surface area contributed by atoms with Gasteiger partial charge in [-0.15, -0.1) is 0 Å². The van der Waals surface area contributed by atoms with E-state index in [1.165, 1.54) is 51.5 Å². The average molecular weight is 239 g/mol. The van der Waals surface area contributed by atoms with Crippen LogP contribution >= 0.6 is 0 Å². The largest absolute Gasteiger partial charge is 0.313 e. The van der Waals surface area contributed by atoms with Gasteiger partial charge in [-0.3, -0.25) is 0 Å². The number of rotatable bonds is 7. The first kappa shape index (κ1) is 15.0. The first-order valence-corrected chi connectivity index (χ1v) is 7.86. The molecule has 17 heavy (non-hydrogen) atoms. The highest BCUT2D eigenvalue weighted by molar-refractivity contribution is 4.79. The molecule has 2 atom stereocenters. The van der Waals surface area contributed by atoms with Gasteiger partial charge in [0.2, 0.25) is 0 Å². The van der Waals surface area contributed by atoms with E-state index in [9.17, 15) is 0 Å². The number of hydrogen-bond donors (Lipinski definition) is 1. The number of nitrogens with one attached hydrogen (secondary N) is 1. The van der Waals surface area contributed by atoms with Crippen molar-refractivity contribution in [3.05, 3.63) is 0 Å². The Labute approximate surface area is 109 Å². The minimum Gasteiger partial charge on any atom is -0.313 e. The summed E-state index contributed by atoms with van der Waals surface area (Å²) in [6.07, 6.45) is 9.98. The molecule has 102 valence electrons. The lowest BCUT2D eigenvalue weighted by Crippen LogP contribution is -2.39. The van der Waals surface area contributed by atoms with E-state index in [2.05, 4.69) is 33.0 Å². The quantitative estimate of drug-likeness (QED) is 0.683. The van der Waals surface area contributed by atoms with Crippen LogP contribution < -0.4 is 5.32 Å². The Kier molecular flexibility index (Phi) is 7.18. The fourth-order valence-corrected chi connectivity index (χ4v) is 3.42. The van der Waals surface area contributed by atoms with E-state index in [0.29, 0.717) is 0 Å². The van der Waals surface area contributed by atoms with Crippen molar-refractivity contribution in [2.75, 3.05) is 6.54 Å².